The Balaban J connectivity index is 1.66. The summed E-state index contributed by atoms with van der Waals surface area (Å²) in [5.74, 6) is 1.12. The highest BCUT2D eigenvalue weighted by Gasteiger charge is 2.25. The monoisotopic (exact) mass is 303 g/mol. The van der Waals surface area contributed by atoms with Crippen molar-refractivity contribution in [1.82, 2.24) is 14.9 Å². The maximum Gasteiger partial charge on any atom is 0.218 e. The Labute approximate surface area is 129 Å². The summed E-state index contributed by atoms with van der Waals surface area (Å²) < 4.78 is 5.72. The number of halogens is 1. The molecule has 1 saturated carbocycles. The zero-order valence-electron chi connectivity index (χ0n) is 12.0. The number of rotatable bonds is 6. The second kappa shape index (κ2) is 6.41. The first-order valence-corrected chi connectivity index (χ1v) is 7.53. The molecule has 5 heteroatoms. The van der Waals surface area contributed by atoms with Crippen LogP contribution in [-0.2, 0) is 0 Å². The zero-order chi connectivity index (χ0) is 14.7. The molecule has 0 spiro atoms. The summed E-state index contributed by atoms with van der Waals surface area (Å²) in [6, 6.07) is 12.2. The van der Waals surface area contributed by atoms with Crippen molar-refractivity contribution in [3.8, 4) is 17.3 Å². The molecule has 0 atom stereocenters. The lowest BCUT2D eigenvalue weighted by atomic mass is 10.2. The van der Waals surface area contributed by atoms with Crippen LogP contribution in [-0.4, -0.2) is 41.1 Å². The van der Waals surface area contributed by atoms with E-state index in [-0.39, 0.29) is 0 Å². The summed E-state index contributed by atoms with van der Waals surface area (Å²) in [4.78, 5) is 11.0. The fourth-order valence-corrected chi connectivity index (χ4v) is 2.35. The standard InChI is InChI=1S/C16H18ClN3O/c1-20(13-7-8-13)9-10-21-15-11-14(17)18-16(19-15)12-5-3-2-4-6-12/h2-6,11,13H,7-10H2,1H3. The lowest BCUT2D eigenvalue weighted by Crippen LogP contribution is -2.26. The molecule has 1 aliphatic rings. The summed E-state index contributed by atoms with van der Waals surface area (Å²) in [7, 11) is 2.13. The van der Waals surface area contributed by atoms with E-state index in [0.29, 0.717) is 23.5 Å². The van der Waals surface area contributed by atoms with E-state index in [1.165, 1.54) is 12.8 Å². The Morgan fingerprint density at radius 3 is 2.71 bits per heavy atom. The van der Waals surface area contributed by atoms with Gasteiger partial charge in [-0.1, -0.05) is 41.9 Å². The lowest BCUT2D eigenvalue weighted by Gasteiger charge is -2.15. The highest BCUT2D eigenvalue weighted by Crippen LogP contribution is 2.25. The molecular formula is C16H18ClN3O. The zero-order valence-corrected chi connectivity index (χ0v) is 12.8. The highest BCUT2D eigenvalue weighted by molar-refractivity contribution is 6.29. The first kappa shape index (κ1) is 14.3. The third-order valence-electron chi connectivity index (χ3n) is 3.57. The van der Waals surface area contributed by atoms with Gasteiger partial charge in [0.05, 0.1) is 0 Å². The maximum absolute atomic E-state index is 6.06. The third-order valence-corrected chi connectivity index (χ3v) is 3.76. The average molecular weight is 304 g/mol. The van der Waals surface area contributed by atoms with Gasteiger partial charge >= 0.3 is 0 Å². The molecule has 1 aromatic heterocycles. The van der Waals surface area contributed by atoms with Gasteiger partial charge in [-0.15, -0.1) is 0 Å². The van der Waals surface area contributed by atoms with E-state index in [1.54, 1.807) is 6.07 Å². The van der Waals surface area contributed by atoms with Gasteiger partial charge in [0.25, 0.3) is 0 Å². The normalized spacial score (nSPS) is 14.4. The van der Waals surface area contributed by atoms with Crippen LogP contribution in [0.5, 0.6) is 5.88 Å². The smallest absolute Gasteiger partial charge is 0.218 e. The van der Waals surface area contributed by atoms with Crippen molar-refractivity contribution >= 4 is 11.6 Å². The van der Waals surface area contributed by atoms with E-state index in [2.05, 4.69) is 21.9 Å². The largest absolute Gasteiger partial charge is 0.476 e. The van der Waals surface area contributed by atoms with E-state index < -0.39 is 0 Å². The number of nitrogens with zero attached hydrogens (tertiary/aromatic N) is 3. The van der Waals surface area contributed by atoms with Crippen molar-refractivity contribution in [2.24, 2.45) is 0 Å². The van der Waals surface area contributed by atoms with Gasteiger partial charge in [-0.2, -0.15) is 4.98 Å². The lowest BCUT2D eigenvalue weighted by molar-refractivity contribution is 0.226. The van der Waals surface area contributed by atoms with Crippen molar-refractivity contribution in [2.75, 3.05) is 20.2 Å². The molecule has 0 bridgehead atoms. The van der Waals surface area contributed by atoms with Crippen LogP contribution in [0.25, 0.3) is 11.4 Å². The van der Waals surface area contributed by atoms with Crippen LogP contribution in [0, 0.1) is 0 Å². The van der Waals surface area contributed by atoms with Crippen molar-refractivity contribution in [3.05, 3.63) is 41.6 Å². The summed E-state index contributed by atoms with van der Waals surface area (Å²) in [5.41, 5.74) is 0.931. The van der Waals surface area contributed by atoms with Crippen molar-refractivity contribution in [3.63, 3.8) is 0 Å². The molecule has 4 nitrogen and oxygen atoms in total. The molecule has 2 aromatic rings. The highest BCUT2D eigenvalue weighted by atomic mass is 35.5. The van der Waals surface area contributed by atoms with Gasteiger partial charge in [0.15, 0.2) is 5.82 Å². The molecule has 0 unspecified atom stereocenters. The van der Waals surface area contributed by atoms with Crippen LogP contribution in [0.1, 0.15) is 12.8 Å². The Kier molecular flexibility index (Phi) is 4.36. The van der Waals surface area contributed by atoms with Crippen LogP contribution in [0.4, 0.5) is 0 Å². The molecule has 0 radical (unpaired) electrons. The molecule has 0 aliphatic heterocycles. The number of benzene rings is 1. The van der Waals surface area contributed by atoms with Crippen molar-refractivity contribution in [2.45, 2.75) is 18.9 Å². The van der Waals surface area contributed by atoms with Gasteiger partial charge in [-0.05, 0) is 19.9 Å². The van der Waals surface area contributed by atoms with E-state index in [1.807, 2.05) is 30.3 Å². The first-order valence-electron chi connectivity index (χ1n) is 7.15. The van der Waals surface area contributed by atoms with E-state index in [9.17, 15) is 0 Å². The topological polar surface area (TPSA) is 38.2 Å². The molecule has 1 aromatic carbocycles. The molecule has 0 saturated heterocycles. The Hall–Kier alpha value is -1.65. The first-order chi connectivity index (χ1) is 10.2. The summed E-state index contributed by atoms with van der Waals surface area (Å²) >= 11 is 6.06. The fourth-order valence-electron chi connectivity index (χ4n) is 2.18. The van der Waals surface area contributed by atoms with Gasteiger partial charge < -0.3 is 9.64 Å². The second-order valence-electron chi connectivity index (χ2n) is 5.28. The number of hydrogen-bond donors (Lipinski definition) is 0. The van der Waals surface area contributed by atoms with Crippen LogP contribution in [0.2, 0.25) is 5.15 Å². The summed E-state index contributed by atoms with van der Waals surface area (Å²) in [6.45, 7) is 1.50. The number of hydrogen-bond acceptors (Lipinski definition) is 4. The maximum atomic E-state index is 6.06. The van der Waals surface area contributed by atoms with Crippen molar-refractivity contribution < 1.29 is 4.74 Å². The average Bonchev–Trinajstić information content (AvgIpc) is 3.32. The van der Waals surface area contributed by atoms with Crippen LogP contribution in [0.3, 0.4) is 0 Å². The number of aromatic nitrogens is 2. The van der Waals surface area contributed by atoms with E-state index in [4.69, 9.17) is 16.3 Å². The second-order valence-corrected chi connectivity index (χ2v) is 5.67. The van der Waals surface area contributed by atoms with Gasteiger partial charge in [0.2, 0.25) is 5.88 Å². The Morgan fingerprint density at radius 2 is 2.00 bits per heavy atom. The molecule has 0 N–H and O–H groups in total. The molecule has 0 amide bonds. The van der Waals surface area contributed by atoms with Gasteiger partial charge in [0, 0.05) is 24.2 Å². The van der Waals surface area contributed by atoms with Crippen LogP contribution < -0.4 is 4.74 Å². The summed E-state index contributed by atoms with van der Waals surface area (Å²) in [5, 5.41) is 0.398. The molecular weight excluding hydrogens is 286 g/mol. The van der Waals surface area contributed by atoms with Gasteiger partial charge in [-0.3, -0.25) is 0 Å². The molecule has 1 heterocycles. The predicted molar refractivity (Wildman–Crippen MR) is 83.6 cm³/mol. The summed E-state index contributed by atoms with van der Waals surface area (Å²) in [6.07, 6.45) is 2.60. The quantitative estimate of drug-likeness (QED) is 0.768. The molecule has 1 fully saturated rings. The molecule has 21 heavy (non-hydrogen) atoms. The SMILES string of the molecule is CN(CCOc1cc(Cl)nc(-c2ccccc2)n1)C1CC1. The predicted octanol–water partition coefficient (Wildman–Crippen LogP) is 3.27. The minimum Gasteiger partial charge on any atom is -0.476 e. The Bertz CT molecular complexity index is 602. The van der Waals surface area contributed by atoms with Crippen molar-refractivity contribution in [1.29, 1.82) is 0 Å². The van der Waals surface area contributed by atoms with Crippen LogP contribution >= 0.6 is 11.6 Å². The van der Waals surface area contributed by atoms with E-state index >= 15 is 0 Å². The Morgan fingerprint density at radius 1 is 1.24 bits per heavy atom. The molecule has 3 rings (SSSR count). The number of likely N-dealkylation sites (N-methyl/N-ethyl adjacent to an activating group) is 1. The minimum atomic E-state index is 0.398. The fraction of sp³-hybridized carbons (Fsp3) is 0.375. The van der Waals surface area contributed by atoms with Gasteiger partial charge in [0.1, 0.15) is 11.8 Å². The molecule has 110 valence electrons. The van der Waals surface area contributed by atoms with Gasteiger partial charge in [-0.25, -0.2) is 4.98 Å². The molecule has 1 aliphatic carbocycles. The van der Waals surface area contributed by atoms with E-state index in [0.717, 1.165) is 18.2 Å². The van der Waals surface area contributed by atoms with Crippen LogP contribution in [0.15, 0.2) is 36.4 Å². The third kappa shape index (κ3) is 3.93. The minimum absolute atomic E-state index is 0.398. The number of ether oxygens (including phenoxy) is 1.